The smallest absolute Gasteiger partial charge is 0.119 e. The fourth-order valence-corrected chi connectivity index (χ4v) is 3.17. The molecule has 0 saturated carbocycles. The molecular weight excluding hydrogens is 322 g/mol. The molecule has 0 aliphatic rings. The first-order chi connectivity index (χ1) is 9.28. The Morgan fingerprint density at radius 2 is 2.21 bits per heavy atom. The summed E-state index contributed by atoms with van der Waals surface area (Å²) in [5.41, 5.74) is 1.31. The monoisotopic (exact) mass is 339 g/mol. The minimum Gasteiger partial charge on any atom is -0.492 e. The van der Waals surface area contributed by atoms with E-state index in [9.17, 15) is 0 Å². The highest BCUT2D eigenvalue weighted by molar-refractivity contribution is 9.10. The maximum absolute atomic E-state index is 5.72. The third-order valence-corrected chi connectivity index (χ3v) is 4.47. The number of rotatable bonds is 7. The molecule has 1 heterocycles. The van der Waals surface area contributed by atoms with Gasteiger partial charge in [0.05, 0.1) is 0 Å². The molecule has 0 saturated heterocycles. The molecule has 0 amide bonds. The highest BCUT2D eigenvalue weighted by Crippen LogP contribution is 2.19. The van der Waals surface area contributed by atoms with Crippen LogP contribution in [0, 0.1) is 0 Å². The summed E-state index contributed by atoms with van der Waals surface area (Å²) in [5.74, 6) is 0.958. The van der Waals surface area contributed by atoms with Crippen molar-refractivity contribution in [1.29, 1.82) is 0 Å². The molecule has 0 spiro atoms. The van der Waals surface area contributed by atoms with Crippen LogP contribution >= 0.6 is 27.3 Å². The lowest BCUT2D eigenvalue weighted by molar-refractivity contribution is 0.313. The van der Waals surface area contributed by atoms with E-state index in [1.54, 1.807) is 11.3 Å². The Hall–Kier alpha value is -0.840. The third-order valence-electron chi connectivity index (χ3n) is 2.78. The number of benzene rings is 1. The quantitative estimate of drug-likeness (QED) is 0.761. The van der Waals surface area contributed by atoms with E-state index in [0.29, 0.717) is 6.61 Å². The highest BCUT2D eigenvalue weighted by atomic mass is 79.9. The Balaban J connectivity index is 1.66. The number of thiophene rings is 1. The van der Waals surface area contributed by atoms with E-state index in [2.05, 4.69) is 51.7 Å². The fourth-order valence-electron chi connectivity index (χ4n) is 1.75. The molecule has 0 radical (unpaired) electrons. The predicted octanol–water partition coefficient (Wildman–Crippen LogP) is 4.24. The van der Waals surface area contributed by atoms with Gasteiger partial charge in [0, 0.05) is 27.8 Å². The first-order valence-corrected chi connectivity index (χ1v) is 8.10. The minimum absolute atomic E-state index is 0.694. The van der Waals surface area contributed by atoms with Gasteiger partial charge in [-0.3, -0.25) is 0 Å². The van der Waals surface area contributed by atoms with Crippen LogP contribution in [0.3, 0.4) is 0 Å². The van der Waals surface area contributed by atoms with E-state index in [4.69, 9.17) is 4.74 Å². The van der Waals surface area contributed by atoms with Crippen LogP contribution in [0.1, 0.15) is 17.4 Å². The van der Waals surface area contributed by atoms with E-state index < -0.39 is 0 Å². The third kappa shape index (κ3) is 4.97. The number of nitrogens with one attached hydrogen (secondary N) is 1. The molecule has 0 unspecified atom stereocenters. The van der Waals surface area contributed by atoms with E-state index in [1.807, 2.05) is 12.1 Å². The number of ether oxygens (including phenoxy) is 1. The van der Waals surface area contributed by atoms with Crippen molar-refractivity contribution >= 4 is 27.3 Å². The van der Waals surface area contributed by atoms with E-state index in [1.165, 1.54) is 10.4 Å². The van der Waals surface area contributed by atoms with Gasteiger partial charge in [0.15, 0.2) is 0 Å². The Kier molecular flexibility index (Phi) is 5.89. The molecule has 0 aliphatic carbocycles. The Morgan fingerprint density at radius 3 is 2.95 bits per heavy atom. The Bertz CT molecular complexity index is 512. The summed E-state index contributed by atoms with van der Waals surface area (Å²) in [4.78, 5) is 1.33. The topological polar surface area (TPSA) is 21.3 Å². The van der Waals surface area contributed by atoms with Gasteiger partial charge < -0.3 is 10.1 Å². The summed E-state index contributed by atoms with van der Waals surface area (Å²) in [6.07, 6.45) is 1.04. The van der Waals surface area contributed by atoms with Gasteiger partial charge in [0.25, 0.3) is 0 Å². The van der Waals surface area contributed by atoms with Crippen molar-refractivity contribution in [2.75, 3.05) is 13.2 Å². The Labute approximate surface area is 126 Å². The second-order valence-corrected chi connectivity index (χ2v) is 6.17. The summed E-state index contributed by atoms with van der Waals surface area (Å²) >= 11 is 5.22. The summed E-state index contributed by atoms with van der Waals surface area (Å²) in [7, 11) is 0. The summed E-state index contributed by atoms with van der Waals surface area (Å²) < 4.78 is 6.88. The van der Waals surface area contributed by atoms with Gasteiger partial charge in [0.1, 0.15) is 12.4 Å². The van der Waals surface area contributed by atoms with E-state index in [-0.39, 0.29) is 0 Å². The number of hydrogen-bond acceptors (Lipinski definition) is 3. The average molecular weight is 340 g/mol. The molecule has 2 nitrogen and oxygen atoms in total. The number of hydrogen-bond donors (Lipinski definition) is 1. The molecule has 2 aromatic rings. The van der Waals surface area contributed by atoms with Crippen LogP contribution in [-0.2, 0) is 13.0 Å². The van der Waals surface area contributed by atoms with E-state index in [0.717, 1.165) is 29.7 Å². The molecular formula is C15H18BrNOS. The normalized spacial score (nSPS) is 10.6. The molecule has 102 valence electrons. The molecule has 19 heavy (non-hydrogen) atoms. The molecule has 1 aromatic heterocycles. The fraction of sp³-hybridized carbons (Fsp3) is 0.333. The van der Waals surface area contributed by atoms with Crippen molar-refractivity contribution in [3.63, 3.8) is 0 Å². The molecule has 0 atom stereocenters. The van der Waals surface area contributed by atoms with Crippen LogP contribution in [0.15, 0.2) is 40.2 Å². The van der Waals surface area contributed by atoms with Gasteiger partial charge in [0.2, 0.25) is 0 Å². The van der Waals surface area contributed by atoms with E-state index >= 15 is 0 Å². The predicted molar refractivity (Wildman–Crippen MR) is 85.0 cm³/mol. The van der Waals surface area contributed by atoms with Crippen molar-refractivity contribution in [2.24, 2.45) is 0 Å². The van der Waals surface area contributed by atoms with Gasteiger partial charge in [-0.05, 0) is 46.1 Å². The largest absolute Gasteiger partial charge is 0.492 e. The minimum atomic E-state index is 0.694. The zero-order valence-electron chi connectivity index (χ0n) is 11.0. The van der Waals surface area contributed by atoms with Crippen LogP contribution in [0.2, 0.25) is 0 Å². The molecule has 1 N–H and O–H groups in total. The highest BCUT2D eigenvalue weighted by Gasteiger charge is 1.98. The second-order valence-electron chi connectivity index (χ2n) is 4.26. The van der Waals surface area contributed by atoms with Crippen molar-refractivity contribution in [1.82, 2.24) is 5.32 Å². The first-order valence-electron chi connectivity index (χ1n) is 6.43. The lowest BCUT2D eigenvalue weighted by atomic mass is 10.2. The van der Waals surface area contributed by atoms with Crippen LogP contribution in [0.25, 0.3) is 0 Å². The first kappa shape index (κ1) is 14.6. The molecule has 0 aliphatic heterocycles. The Morgan fingerprint density at radius 1 is 1.32 bits per heavy atom. The van der Waals surface area contributed by atoms with Gasteiger partial charge in [-0.25, -0.2) is 0 Å². The lowest BCUT2D eigenvalue weighted by Gasteiger charge is -2.08. The van der Waals surface area contributed by atoms with Crippen LogP contribution in [0.4, 0.5) is 0 Å². The molecule has 4 heteroatoms. The molecule has 0 fully saturated rings. The molecule has 0 bridgehead atoms. The standard InChI is InChI=1S/C15H18BrNOS/c1-2-12-4-3-5-14(8-12)18-7-6-17-10-15-9-13(16)11-19-15/h3-5,8-9,11,17H,2,6-7,10H2,1H3. The lowest BCUT2D eigenvalue weighted by Crippen LogP contribution is -2.20. The van der Waals surface area contributed by atoms with Gasteiger partial charge in [-0.2, -0.15) is 0 Å². The van der Waals surface area contributed by atoms with Crippen LogP contribution < -0.4 is 10.1 Å². The summed E-state index contributed by atoms with van der Waals surface area (Å²) in [6, 6.07) is 10.4. The second kappa shape index (κ2) is 7.68. The molecule has 1 aromatic carbocycles. The average Bonchev–Trinajstić information content (AvgIpc) is 2.84. The number of halogens is 1. The summed E-state index contributed by atoms with van der Waals surface area (Å²) in [6.45, 7) is 4.60. The van der Waals surface area contributed by atoms with Crippen LogP contribution in [0.5, 0.6) is 5.75 Å². The summed E-state index contributed by atoms with van der Waals surface area (Å²) in [5, 5.41) is 5.48. The maximum atomic E-state index is 5.72. The molecule has 2 rings (SSSR count). The van der Waals surface area contributed by atoms with Crippen molar-refractivity contribution in [3.8, 4) is 5.75 Å². The van der Waals surface area contributed by atoms with Gasteiger partial charge >= 0.3 is 0 Å². The van der Waals surface area contributed by atoms with Crippen LogP contribution in [-0.4, -0.2) is 13.2 Å². The number of aryl methyl sites for hydroxylation is 1. The van der Waals surface area contributed by atoms with Crippen molar-refractivity contribution in [3.05, 3.63) is 50.6 Å². The van der Waals surface area contributed by atoms with Gasteiger partial charge in [-0.1, -0.05) is 19.1 Å². The maximum Gasteiger partial charge on any atom is 0.119 e. The SMILES string of the molecule is CCc1cccc(OCCNCc2cc(Br)cs2)c1. The van der Waals surface area contributed by atoms with Crippen molar-refractivity contribution in [2.45, 2.75) is 19.9 Å². The zero-order valence-corrected chi connectivity index (χ0v) is 13.4. The van der Waals surface area contributed by atoms with Crippen molar-refractivity contribution < 1.29 is 4.74 Å². The zero-order chi connectivity index (χ0) is 13.5. The van der Waals surface area contributed by atoms with Gasteiger partial charge in [-0.15, -0.1) is 11.3 Å².